The Morgan fingerprint density at radius 3 is 3.00 bits per heavy atom. The highest BCUT2D eigenvalue weighted by Crippen LogP contribution is 2.36. The van der Waals surface area contributed by atoms with E-state index in [1.54, 1.807) is 17.5 Å². The molecule has 6 heteroatoms. The van der Waals surface area contributed by atoms with Gasteiger partial charge in [0.2, 0.25) is 10.0 Å². The molecule has 110 valence electrons. The van der Waals surface area contributed by atoms with Gasteiger partial charge >= 0.3 is 0 Å². The van der Waals surface area contributed by atoms with Gasteiger partial charge in [0.05, 0.1) is 0 Å². The van der Waals surface area contributed by atoms with Crippen molar-refractivity contribution in [2.45, 2.75) is 23.1 Å². The van der Waals surface area contributed by atoms with Crippen molar-refractivity contribution in [1.29, 1.82) is 0 Å². The molecule has 0 aromatic carbocycles. The van der Waals surface area contributed by atoms with Crippen molar-refractivity contribution >= 4 is 21.4 Å². The lowest BCUT2D eigenvalue weighted by molar-refractivity contribution is 0.0218. The molecule has 0 saturated carbocycles. The zero-order valence-electron chi connectivity index (χ0n) is 11.4. The van der Waals surface area contributed by atoms with Gasteiger partial charge in [0.15, 0.2) is 0 Å². The quantitative estimate of drug-likeness (QED) is 0.845. The number of hydrogen-bond acceptors (Lipinski definition) is 4. The van der Waals surface area contributed by atoms with Gasteiger partial charge in [-0.1, -0.05) is 12.1 Å². The van der Waals surface area contributed by atoms with Gasteiger partial charge in [-0.25, -0.2) is 13.1 Å². The minimum atomic E-state index is -3.33. The minimum Gasteiger partial charge on any atom is -0.298 e. The maximum atomic E-state index is 12.1. The van der Waals surface area contributed by atoms with Crippen molar-refractivity contribution in [3.63, 3.8) is 0 Å². The number of fused-ring (bicyclic) bond motifs is 3. The average molecular weight is 312 g/mol. The fraction of sp³-hybridized carbons (Fsp3) is 0.571. The van der Waals surface area contributed by atoms with Crippen molar-refractivity contribution in [3.05, 3.63) is 30.2 Å². The van der Waals surface area contributed by atoms with Crippen LogP contribution in [0.15, 0.2) is 34.4 Å². The summed E-state index contributed by atoms with van der Waals surface area (Å²) in [4.78, 5) is 2.41. The standard InChI is InChI=1S/C14H20N2O2S2/c1-2-11-10-16-6-5-12(11)8-13(16)9-15-20(17,18)14-4-3-7-19-14/h2-4,7,11-13,15H,1,5-6,8-10H2/t11-,12+,13-/m1/s1. The first-order chi connectivity index (χ1) is 9.60. The topological polar surface area (TPSA) is 49.4 Å². The largest absolute Gasteiger partial charge is 0.298 e. The molecule has 0 radical (unpaired) electrons. The SMILES string of the molecule is C=C[C@@H]1CN2CC[C@H]1C[C@@H]2CNS(=O)(=O)c1cccs1. The maximum Gasteiger partial charge on any atom is 0.250 e. The van der Waals surface area contributed by atoms with Crippen molar-refractivity contribution in [3.8, 4) is 0 Å². The van der Waals surface area contributed by atoms with E-state index in [-0.39, 0.29) is 0 Å². The Bertz CT molecular complexity index is 568. The molecule has 3 saturated heterocycles. The first kappa shape index (κ1) is 14.3. The number of sulfonamides is 1. The highest BCUT2D eigenvalue weighted by Gasteiger charge is 2.38. The summed E-state index contributed by atoms with van der Waals surface area (Å²) in [5.74, 6) is 1.25. The molecule has 2 bridgehead atoms. The first-order valence-corrected chi connectivity index (χ1v) is 9.36. The predicted octanol–water partition coefficient (Wildman–Crippen LogP) is 1.92. The highest BCUT2D eigenvalue weighted by molar-refractivity contribution is 7.91. The number of nitrogens with one attached hydrogen (secondary N) is 1. The summed E-state index contributed by atoms with van der Waals surface area (Å²) in [5.41, 5.74) is 0. The first-order valence-electron chi connectivity index (χ1n) is 7.00. The van der Waals surface area contributed by atoms with E-state index < -0.39 is 10.0 Å². The second-order valence-corrected chi connectivity index (χ2v) is 8.56. The van der Waals surface area contributed by atoms with Gasteiger partial charge in [-0.2, -0.15) is 0 Å². The molecular formula is C14H20N2O2S2. The van der Waals surface area contributed by atoms with Gasteiger partial charge in [-0.3, -0.25) is 4.90 Å². The molecule has 3 fully saturated rings. The molecule has 0 aliphatic carbocycles. The summed E-state index contributed by atoms with van der Waals surface area (Å²) in [6.45, 7) is 6.54. The van der Waals surface area contributed by atoms with Gasteiger partial charge in [0.1, 0.15) is 4.21 Å². The van der Waals surface area contributed by atoms with Crippen molar-refractivity contribution in [1.82, 2.24) is 9.62 Å². The zero-order chi connectivity index (χ0) is 14.2. The summed E-state index contributed by atoms with van der Waals surface area (Å²) in [6.07, 6.45) is 4.34. The summed E-state index contributed by atoms with van der Waals surface area (Å²) >= 11 is 1.26. The molecule has 1 unspecified atom stereocenters. The van der Waals surface area contributed by atoms with Crippen LogP contribution in [0.5, 0.6) is 0 Å². The number of piperidine rings is 3. The van der Waals surface area contributed by atoms with Gasteiger partial charge < -0.3 is 0 Å². The van der Waals surface area contributed by atoms with Crippen LogP contribution < -0.4 is 4.72 Å². The van der Waals surface area contributed by atoms with E-state index in [1.807, 2.05) is 0 Å². The molecule has 4 atom stereocenters. The van der Waals surface area contributed by atoms with Gasteiger partial charge in [0.25, 0.3) is 0 Å². The lowest BCUT2D eigenvalue weighted by Crippen LogP contribution is -2.56. The number of nitrogens with zero attached hydrogens (tertiary/aromatic N) is 1. The highest BCUT2D eigenvalue weighted by atomic mass is 32.2. The van der Waals surface area contributed by atoms with Crippen LogP contribution in [-0.4, -0.2) is 39.0 Å². The van der Waals surface area contributed by atoms with Gasteiger partial charge in [0, 0.05) is 19.1 Å². The zero-order valence-corrected chi connectivity index (χ0v) is 13.0. The lowest BCUT2D eigenvalue weighted by Gasteiger charge is -2.49. The molecule has 1 N–H and O–H groups in total. The van der Waals surface area contributed by atoms with Crippen LogP contribution >= 0.6 is 11.3 Å². The van der Waals surface area contributed by atoms with Crippen molar-refractivity contribution < 1.29 is 8.42 Å². The third-order valence-electron chi connectivity index (χ3n) is 4.50. The molecule has 4 heterocycles. The second kappa shape index (κ2) is 5.60. The molecule has 4 rings (SSSR count). The van der Waals surface area contributed by atoms with E-state index >= 15 is 0 Å². The Hall–Kier alpha value is -0.690. The molecular weight excluding hydrogens is 292 g/mol. The molecule has 3 aliphatic rings. The Kier molecular flexibility index (Phi) is 3.99. The molecule has 20 heavy (non-hydrogen) atoms. The Balaban J connectivity index is 1.62. The van der Waals surface area contributed by atoms with E-state index in [0.29, 0.717) is 28.6 Å². The molecule has 1 aromatic heterocycles. The summed E-state index contributed by atoms with van der Waals surface area (Å²) in [6, 6.07) is 3.74. The van der Waals surface area contributed by atoms with Crippen LogP contribution in [-0.2, 0) is 10.0 Å². The number of rotatable bonds is 5. The fourth-order valence-electron chi connectivity index (χ4n) is 3.35. The van der Waals surface area contributed by atoms with Crippen LogP contribution in [0.3, 0.4) is 0 Å². The van der Waals surface area contributed by atoms with Crippen LogP contribution in [0, 0.1) is 11.8 Å². The second-order valence-electron chi connectivity index (χ2n) is 5.62. The third kappa shape index (κ3) is 2.70. The average Bonchev–Trinajstić information content (AvgIpc) is 3.01. The van der Waals surface area contributed by atoms with Crippen LogP contribution in [0.1, 0.15) is 12.8 Å². The normalized spacial score (nSPS) is 33.2. The Labute approximate surface area is 124 Å². The monoisotopic (exact) mass is 312 g/mol. The molecule has 1 aromatic rings. The molecule has 0 spiro atoms. The Morgan fingerprint density at radius 1 is 1.55 bits per heavy atom. The molecule has 3 aliphatic heterocycles. The third-order valence-corrected chi connectivity index (χ3v) is 7.32. The van der Waals surface area contributed by atoms with Crippen molar-refractivity contribution in [2.24, 2.45) is 11.8 Å². The smallest absolute Gasteiger partial charge is 0.250 e. The lowest BCUT2D eigenvalue weighted by atomic mass is 9.76. The van der Waals surface area contributed by atoms with E-state index in [0.717, 1.165) is 19.5 Å². The van der Waals surface area contributed by atoms with E-state index in [1.165, 1.54) is 17.8 Å². The van der Waals surface area contributed by atoms with Gasteiger partial charge in [-0.05, 0) is 42.7 Å². The molecule has 0 amide bonds. The van der Waals surface area contributed by atoms with Crippen molar-refractivity contribution in [2.75, 3.05) is 19.6 Å². The fourth-order valence-corrected chi connectivity index (χ4v) is 5.46. The number of hydrogen-bond donors (Lipinski definition) is 1. The molecule has 4 nitrogen and oxygen atoms in total. The summed E-state index contributed by atoms with van der Waals surface area (Å²) in [7, 11) is -3.33. The van der Waals surface area contributed by atoms with Gasteiger partial charge in [-0.15, -0.1) is 17.9 Å². The Morgan fingerprint density at radius 2 is 2.40 bits per heavy atom. The summed E-state index contributed by atoms with van der Waals surface area (Å²) < 4.78 is 27.4. The minimum absolute atomic E-state index is 0.333. The summed E-state index contributed by atoms with van der Waals surface area (Å²) in [5, 5.41) is 1.79. The maximum absolute atomic E-state index is 12.1. The van der Waals surface area contributed by atoms with Crippen LogP contribution in [0.4, 0.5) is 0 Å². The van der Waals surface area contributed by atoms with E-state index in [9.17, 15) is 8.42 Å². The van der Waals surface area contributed by atoms with Crippen LogP contribution in [0.2, 0.25) is 0 Å². The number of thiophene rings is 1. The van der Waals surface area contributed by atoms with E-state index in [2.05, 4.69) is 22.3 Å². The van der Waals surface area contributed by atoms with E-state index in [4.69, 9.17) is 0 Å². The van der Waals surface area contributed by atoms with Crippen LogP contribution in [0.25, 0.3) is 0 Å². The predicted molar refractivity (Wildman–Crippen MR) is 81.3 cm³/mol.